The summed E-state index contributed by atoms with van der Waals surface area (Å²) in [6.07, 6.45) is 0. The normalized spacial score (nSPS) is 11.4. The third-order valence-corrected chi connectivity index (χ3v) is 15.6. The van der Waals surface area contributed by atoms with E-state index in [1.165, 1.54) is 31.8 Å². The molecule has 0 spiro atoms. The summed E-state index contributed by atoms with van der Waals surface area (Å²) < 4.78 is 140. The number of rotatable bonds is 6. The molecule has 6 aromatic carbocycles. The maximum atomic E-state index is 10.3. The van der Waals surface area contributed by atoms with Crippen LogP contribution in [0, 0.1) is 0 Å². The second-order valence-corrected chi connectivity index (χ2v) is 23.3. The molecule has 0 saturated heterocycles. The van der Waals surface area contributed by atoms with Gasteiger partial charge in [0.05, 0.1) is 13.3 Å². The first-order chi connectivity index (χ1) is 27.6. The zero-order valence-electron chi connectivity index (χ0n) is 31.2. The first-order valence-electron chi connectivity index (χ1n) is 16.2. The van der Waals surface area contributed by atoms with Crippen molar-refractivity contribution in [3.05, 3.63) is 182 Å². The molecule has 0 bridgehead atoms. The molecule has 6 rings (SSSR count). The Balaban J connectivity index is 0.000000417. The molecule has 0 heterocycles. The molecule has 0 unspecified atom stereocenters. The van der Waals surface area contributed by atoms with Crippen molar-refractivity contribution >= 4 is 46.4 Å². The molecule has 12 nitrogen and oxygen atoms in total. The molecule has 0 aliphatic heterocycles. The van der Waals surface area contributed by atoms with Crippen LogP contribution in [0.1, 0.15) is 0 Å². The molecule has 0 amide bonds. The van der Waals surface area contributed by atoms with Crippen LogP contribution in [0.2, 0.25) is 0 Å². The summed E-state index contributed by atoms with van der Waals surface area (Å²) in [5, 5.41) is 8.57. The van der Waals surface area contributed by atoms with Crippen molar-refractivity contribution < 1.29 is 116 Å². The molecule has 22 heteroatoms. The van der Waals surface area contributed by atoms with Crippen LogP contribution < -0.4 is 40.2 Å². The van der Waals surface area contributed by atoms with Crippen LogP contribution >= 0.6 is 14.5 Å². The van der Waals surface area contributed by atoms with Gasteiger partial charge in [0.15, 0.2) is 0 Å². The van der Waals surface area contributed by atoms with Gasteiger partial charge < -0.3 is 0 Å². The van der Waals surface area contributed by atoms with Crippen LogP contribution in [0.3, 0.4) is 0 Å². The van der Waals surface area contributed by atoms with E-state index < -0.39 is 68.5 Å². The molecule has 0 saturated carbocycles. The summed E-state index contributed by atoms with van der Waals surface area (Å²) in [5.74, 6) is 0. The Bertz CT molecular complexity index is 2120. The Morgan fingerprint density at radius 1 is 0.333 bits per heavy atom. The van der Waals surface area contributed by atoms with Gasteiger partial charge in [-0.05, 0) is 72.8 Å². The van der Waals surface area contributed by atoms with E-state index in [4.69, 9.17) is 47.4 Å². The van der Waals surface area contributed by atoms with Crippen LogP contribution in [-0.4, -0.2) is 21.7 Å². The van der Waals surface area contributed by atoms with E-state index in [0.29, 0.717) is 0 Å². The summed E-state index contributed by atoms with van der Waals surface area (Å²) in [4.78, 5) is 0. The second kappa shape index (κ2) is 25.2. The zero-order valence-corrected chi connectivity index (χ0v) is 37.7. The molecule has 60 heavy (non-hydrogen) atoms. The Hall–Kier alpha value is -3.78. The molecular formula is C38H38F4Mn4O12P2. The van der Waals surface area contributed by atoms with Crippen molar-refractivity contribution in [2.75, 3.05) is 13.3 Å². The minimum absolute atomic E-state index is 1.43. The SMILES string of the molecule is C[P+](c1ccccc1)(c1ccccc1)c1ccccc1.C[P+](c1ccccc1)(c1ccccc1)c1ccccc1.[O]=[Mn](=[O])([O-])[F].[O]=[Mn](=[O])([O-])[F].[O]=[Mn](=[O])([OH])[F].[O]=[Mn](=[O])([OH])[F]. The van der Waals surface area contributed by atoms with Gasteiger partial charge in [0.25, 0.3) is 0 Å². The molecule has 0 radical (unpaired) electrons. The van der Waals surface area contributed by atoms with Crippen molar-refractivity contribution in [2.45, 2.75) is 0 Å². The maximum absolute atomic E-state index is 10.3. The van der Waals surface area contributed by atoms with Crippen LogP contribution in [-0.2, 0) is 84.6 Å². The topological polar surface area (TPSA) is 223 Å². The predicted molar refractivity (Wildman–Crippen MR) is 197 cm³/mol. The Kier molecular flexibility index (Phi) is 22.8. The Morgan fingerprint density at radius 2 is 0.417 bits per heavy atom. The fourth-order valence-corrected chi connectivity index (χ4v) is 11.7. The van der Waals surface area contributed by atoms with Gasteiger partial charge in [-0.3, -0.25) is 0 Å². The average Bonchev–Trinajstić information content (AvgIpc) is 3.17. The molecular weight excluding hydrogens is 1010 g/mol. The first kappa shape index (κ1) is 54.2. The summed E-state index contributed by atoms with van der Waals surface area (Å²) in [6.45, 7) is 4.82. The molecule has 6 aromatic rings. The predicted octanol–water partition coefficient (Wildman–Crippen LogP) is 4.45. The molecule has 328 valence electrons. The Labute approximate surface area is 354 Å². The first-order valence-corrected chi connectivity index (χ1v) is 28.3. The Morgan fingerprint density at radius 3 is 0.500 bits per heavy atom. The van der Waals surface area contributed by atoms with Crippen molar-refractivity contribution in [3.8, 4) is 0 Å². The van der Waals surface area contributed by atoms with Crippen molar-refractivity contribution in [3.63, 3.8) is 0 Å². The summed E-state index contributed by atoms with van der Waals surface area (Å²) in [5.41, 5.74) is 0. The van der Waals surface area contributed by atoms with Gasteiger partial charge in [0.1, 0.15) is 46.4 Å². The van der Waals surface area contributed by atoms with Gasteiger partial charge in [0, 0.05) is 0 Å². The third-order valence-electron chi connectivity index (χ3n) is 7.64. The molecule has 2 N–H and O–H groups in total. The summed E-state index contributed by atoms with van der Waals surface area (Å²) in [7, 11) is -3.05. The van der Waals surface area contributed by atoms with Crippen LogP contribution in [0.25, 0.3) is 0 Å². The average molecular weight is 1040 g/mol. The van der Waals surface area contributed by atoms with E-state index in [2.05, 4.69) is 195 Å². The van der Waals surface area contributed by atoms with E-state index in [-0.39, 0.29) is 0 Å². The van der Waals surface area contributed by atoms with E-state index in [9.17, 15) is 14.2 Å². The van der Waals surface area contributed by atoms with Gasteiger partial charge >= 0.3 is 116 Å². The van der Waals surface area contributed by atoms with Crippen LogP contribution in [0.5, 0.6) is 0 Å². The van der Waals surface area contributed by atoms with E-state index in [1.54, 1.807) is 0 Å². The van der Waals surface area contributed by atoms with Crippen molar-refractivity contribution in [1.29, 1.82) is 0 Å². The molecule has 0 aromatic heterocycles. The fourth-order valence-electron chi connectivity index (χ4n) is 5.25. The molecule has 0 aliphatic carbocycles. The van der Waals surface area contributed by atoms with Crippen molar-refractivity contribution in [2.24, 2.45) is 0 Å². The zero-order chi connectivity index (χ0) is 45.7. The quantitative estimate of drug-likeness (QED) is 0.134. The van der Waals surface area contributed by atoms with Gasteiger partial charge in [0.2, 0.25) is 0 Å². The summed E-state index contributed by atoms with van der Waals surface area (Å²) in [6, 6.07) is 65.3. The number of benzene rings is 6. The van der Waals surface area contributed by atoms with E-state index in [0.717, 1.165) is 0 Å². The monoisotopic (exact) mass is 1040 g/mol. The number of hydrogen-bond acceptors (Lipinski definition) is 10. The molecule has 0 aliphatic rings. The van der Waals surface area contributed by atoms with Gasteiger partial charge in [-0.2, -0.15) is 0 Å². The molecule has 0 fully saturated rings. The van der Waals surface area contributed by atoms with Gasteiger partial charge in [-0.15, -0.1) is 0 Å². The van der Waals surface area contributed by atoms with E-state index in [1.807, 2.05) is 0 Å². The fraction of sp³-hybridized carbons (Fsp3) is 0.0526. The summed E-state index contributed by atoms with van der Waals surface area (Å²) >= 11 is -23.0. The minimum atomic E-state index is -5.88. The molecule has 0 atom stereocenters. The van der Waals surface area contributed by atoms with E-state index >= 15 is 0 Å². The van der Waals surface area contributed by atoms with Crippen LogP contribution in [0.4, 0.5) is 14.2 Å². The van der Waals surface area contributed by atoms with Gasteiger partial charge in [-0.1, -0.05) is 109 Å². The van der Waals surface area contributed by atoms with Crippen LogP contribution in [0.15, 0.2) is 182 Å². The van der Waals surface area contributed by atoms with Gasteiger partial charge in [-0.25, -0.2) is 0 Å². The third kappa shape index (κ3) is 23.9. The number of hydrogen-bond donors (Lipinski definition) is 2. The number of halogens is 4. The standard InChI is InChI=1S/2C19H18P.4FH.4Mn.2H2O.10O/c2*1-20(17-11-5-2-6-12-17,18-13-7-3-8-14-18)19-15-9-4-10-16-19;;;;;;;;;;;;;;;;;;;;/h2*2-16H,1H3;4*1H;;;;;2*1H2;;;;;;;;;;/q2*+1;;;;;2*+1;2*+2;;;;;;;;;;;2*-1/p-6. The van der Waals surface area contributed by atoms with Crippen molar-refractivity contribution in [1.82, 2.24) is 0 Å². The second-order valence-electron chi connectivity index (χ2n) is 11.5.